The van der Waals surface area contributed by atoms with Gasteiger partial charge in [0.25, 0.3) is 5.91 Å². The quantitative estimate of drug-likeness (QED) is 0.894. The first-order valence-corrected chi connectivity index (χ1v) is 6.53. The van der Waals surface area contributed by atoms with Crippen LogP contribution in [0.25, 0.3) is 0 Å². The minimum absolute atomic E-state index is 0.122. The van der Waals surface area contributed by atoms with Crippen LogP contribution in [0.3, 0.4) is 0 Å². The third-order valence-corrected chi connectivity index (χ3v) is 3.56. The Morgan fingerprint density at radius 2 is 2.10 bits per heavy atom. The molecular formula is C13H15F3N2O3. The number of aliphatic carboxylic acids is 1. The molecule has 2 rings (SSSR count). The molecule has 0 radical (unpaired) electrons. The van der Waals surface area contributed by atoms with Gasteiger partial charge in [-0.15, -0.1) is 0 Å². The third kappa shape index (κ3) is 3.77. The van der Waals surface area contributed by atoms with E-state index < -0.39 is 36.6 Å². The van der Waals surface area contributed by atoms with Crippen molar-refractivity contribution in [2.45, 2.75) is 38.0 Å². The molecule has 1 saturated carbocycles. The minimum Gasteiger partial charge on any atom is -0.481 e. The minimum atomic E-state index is -4.43. The van der Waals surface area contributed by atoms with Crippen LogP contribution >= 0.6 is 0 Å². The lowest BCUT2D eigenvalue weighted by molar-refractivity contribution is -0.142. The molecule has 1 aromatic heterocycles. The lowest BCUT2D eigenvalue weighted by Gasteiger charge is -2.18. The molecule has 2 atom stereocenters. The van der Waals surface area contributed by atoms with Crippen molar-refractivity contribution in [3.8, 4) is 0 Å². The number of carbonyl (C=O) groups excluding carboxylic acids is 1. The van der Waals surface area contributed by atoms with Crippen LogP contribution in [0.15, 0.2) is 18.3 Å². The molecule has 1 aliphatic rings. The summed E-state index contributed by atoms with van der Waals surface area (Å²) < 4.78 is 38.0. The first-order valence-electron chi connectivity index (χ1n) is 6.53. The van der Waals surface area contributed by atoms with Crippen LogP contribution < -0.4 is 5.32 Å². The molecule has 1 aromatic rings. The maximum absolute atomic E-state index is 12.4. The molecule has 0 aliphatic heterocycles. The molecule has 1 heterocycles. The zero-order valence-corrected chi connectivity index (χ0v) is 11.1. The molecule has 1 fully saturated rings. The number of carbonyl (C=O) groups is 2. The lowest BCUT2D eigenvalue weighted by Crippen LogP contribution is -2.41. The van der Waals surface area contributed by atoms with E-state index in [9.17, 15) is 22.8 Å². The number of halogens is 3. The molecular weight excluding hydrogens is 289 g/mol. The Morgan fingerprint density at radius 3 is 2.71 bits per heavy atom. The molecule has 21 heavy (non-hydrogen) atoms. The fourth-order valence-corrected chi connectivity index (χ4v) is 2.62. The normalized spacial score (nSPS) is 22.2. The molecule has 8 heteroatoms. The zero-order valence-electron chi connectivity index (χ0n) is 11.1. The molecule has 2 N–H and O–H groups in total. The van der Waals surface area contributed by atoms with Crippen LogP contribution in [0.4, 0.5) is 13.2 Å². The van der Waals surface area contributed by atoms with Gasteiger partial charge in [-0.25, -0.2) is 0 Å². The van der Waals surface area contributed by atoms with E-state index in [2.05, 4.69) is 5.32 Å². The van der Waals surface area contributed by atoms with Gasteiger partial charge < -0.3 is 15.0 Å². The number of hydrogen-bond acceptors (Lipinski definition) is 2. The molecule has 0 aromatic carbocycles. The second-order valence-electron chi connectivity index (χ2n) is 5.09. The second-order valence-corrected chi connectivity index (χ2v) is 5.09. The Bertz CT molecular complexity index is 539. The predicted molar refractivity (Wildman–Crippen MR) is 66.7 cm³/mol. The molecule has 1 amide bonds. The average Bonchev–Trinajstić information content (AvgIpc) is 2.95. The molecule has 0 spiro atoms. The number of amides is 1. The maximum Gasteiger partial charge on any atom is 0.406 e. The summed E-state index contributed by atoms with van der Waals surface area (Å²) >= 11 is 0. The van der Waals surface area contributed by atoms with Gasteiger partial charge in [0.15, 0.2) is 0 Å². The number of nitrogens with one attached hydrogen (secondary N) is 1. The number of carboxylic acids is 1. The van der Waals surface area contributed by atoms with E-state index in [0.29, 0.717) is 19.3 Å². The van der Waals surface area contributed by atoms with Crippen molar-refractivity contribution in [2.75, 3.05) is 0 Å². The summed E-state index contributed by atoms with van der Waals surface area (Å²) in [5.74, 6) is -2.36. The van der Waals surface area contributed by atoms with E-state index in [1.807, 2.05) is 0 Å². The van der Waals surface area contributed by atoms with Crippen molar-refractivity contribution < 1.29 is 27.9 Å². The molecule has 2 unspecified atom stereocenters. The highest BCUT2D eigenvalue weighted by atomic mass is 19.4. The van der Waals surface area contributed by atoms with Gasteiger partial charge in [-0.1, -0.05) is 6.42 Å². The Kier molecular flexibility index (Phi) is 4.24. The molecule has 0 saturated heterocycles. The van der Waals surface area contributed by atoms with Gasteiger partial charge in [0.1, 0.15) is 12.2 Å². The number of hydrogen-bond donors (Lipinski definition) is 2. The molecule has 0 bridgehead atoms. The lowest BCUT2D eigenvalue weighted by atomic mass is 10.0. The van der Waals surface area contributed by atoms with Crippen molar-refractivity contribution >= 4 is 11.9 Å². The number of alkyl halides is 3. The van der Waals surface area contributed by atoms with Gasteiger partial charge >= 0.3 is 12.1 Å². The van der Waals surface area contributed by atoms with E-state index in [0.717, 1.165) is 4.57 Å². The highest BCUT2D eigenvalue weighted by Gasteiger charge is 2.35. The van der Waals surface area contributed by atoms with Crippen LogP contribution in [0, 0.1) is 5.92 Å². The Balaban J connectivity index is 2.07. The summed E-state index contributed by atoms with van der Waals surface area (Å²) in [5, 5.41) is 11.6. The Labute approximate surface area is 118 Å². The van der Waals surface area contributed by atoms with Crippen LogP contribution in [-0.2, 0) is 11.3 Å². The number of nitrogens with zero attached hydrogens (tertiary/aromatic N) is 1. The summed E-state index contributed by atoms with van der Waals surface area (Å²) in [7, 11) is 0. The number of aromatic nitrogens is 1. The fourth-order valence-electron chi connectivity index (χ4n) is 2.62. The highest BCUT2D eigenvalue weighted by Crippen LogP contribution is 2.26. The monoisotopic (exact) mass is 304 g/mol. The van der Waals surface area contributed by atoms with E-state index >= 15 is 0 Å². The largest absolute Gasteiger partial charge is 0.481 e. The van der Waals surface area contributed by atoms with Gasteiger partial charge in [0.2, 0.25) is 0 Å². The molecule has 5 nitrogen and oxygen atoms in total. The Morgan fingerprint density at radius 1 is 1.38 bits per heavy atom. The van der Waals surface area contributed by atoms with Crippen molar-refractivity contribution in [3.05, 3.63) is 24.0 Å². The van der Waals surface area contributed by atoms with E-state index in [1.54, 1.807) is 0 Å². The van der Waals surface area contributed by atoms with Gasteiger partial charge in [0, 0.05) is 12.2 Å². The maximum atomic E-state index is 12.4. The van der Waals surface area contributed by atoms with Crippen molar-refractivity contribution in [2.24, 2.45) is 5.92 Å². The SMILES string of the molecule is O=C(NC1CCCC1C(=O)O)c1cccn1CC(F)(F)F. The summed E-state index contributed by atoms with van der Waals surface area (Å²) in [6.45, 7) is -1.25. The average molecular weight is 304 g/mol. The van der Waals surface area contributed by atoms with Gasteiger partial charge in [0.05, 0.1) is 5.92 Å². The summed E-state index contributed by atoms with van der Waals surface area (Å²) in [6, 6.07) is 2.10. The summed E-state index contributed by atoms with van der Waals surface area (Å²) in [5.41, 5.74) is -0.122. The molecule has 1 aliphatic carbocycles. The third-order valence-electron chi connectivity index (χ3n) is 3.56. The van der Waals surface area contributed by atoms with Crippen molar-refractivity contribution in [3.63, 3.8) is 0 Å². The van der Waals surface area contributed by atoms with Crippen molar-refractivity contribution in [1.29, 1.82) is 0 Å². The topological polar surface area (TPSA) is 71.3 Å². The van der Waals surface area contributed by atoms with Crippen LogP contribution in [-0.4, -0.2) is 33.8 Å². The van der Waals surface area contributed by atoms with Gasteiger partial charge in [-0.2, -0.15) is 13.2 Å². The van der Waals surface area contributed by atoms with Gasteiger partial charge in [-0.3, -0.25) is 9.59 Å². The first kappa shape index (κ1) is 15.4. The van der Waals surface area contributed by atoms with E-state index in [4.69, 9.17) is 5.11 Å². The summed E-state index contributed by atoms with van der Waals surface area (Å²) in [6.07, 6.45) is -1.60. The van der Waals surface area contributed by atoms with Gasteiger partial charge in [-0.05, 0) is 25.0 Å². The summed E-state index contributed by atoms with van der Waals surface area (Å²) in [4.78, 5) is 23.1. The standard InChI is InChI=1S/C13H15F3N2O3/c14-13(15,16)7-18-6-2-5-10(18)11(19)17-9-4-1-3-8(9)12(20)21/h2,5-6,8-9H,1,3-4,7H2,(H,17,19)(H,20,21). The highest BCUT2D eigenvalue weighted by molar-refractivity contribution is 5.93. The van der Waals surface area contributed by atoms with E-state index in [1.165, 1.54) is 18.3 Å². The van der Waals surface area contributed by atoms with Crippen LogP contribution in [0.2, 0.25) is 0 Å². The second kappa shape index (κ2) is 5.79. The first-order chi connectivity index (χ1) is 9.78. The fraction of sp³-hybridized carbons (Fsp3) is 0.538. The predicted octanol–water partition coefficient (Wildman–Crippen LogP) is 2.03. The smallest absolute Gasteiger partial charge is 0.406 e. The molecule has 116 valence electrons. The number of carboxylic acid groups (broad SMARTS) is 1. The van der Waals surface area contributed by atoms with Crippen molar-refractivity contribution in [1.82, 2.24) is 9.88 Å². The van der Waals surface area contributed by atoms with Crippen LogP contribution in [0.5, 0.6) is 0 Å². The number of rotatable bonds is 4. The zero-order chi connectivity index (χ0) is 15.6. The van der Waals surface area contributed by atoms with Crippen LogP contribution in [0.1, 0.15) is 29.8 Å². The Hall–Kier alpha value is -1.99. The van der Waals surface area contributed by atoms with E-state index in [-0.39, 0.29) is 5.69 Å².